The van der Waals surface area contributed by atoms with Gasteiger partial charge in [0.2, 0.25) is 0 Å². The fourth-order valence-corrected chi connectivity index (χ4v) is 3.71. The molecular weight excluding hydrogens is 282 g/mol. The Morgan fingerprint density at radius 1 is 0.870 bits per heavy atom. The SMILES string of the molecule is CC1CCC(O)C[C@H]1N(Cc1ccccc1)Cc1ccccc1. The highest BCUT2D eigenvalue weighted by atomic mass is 16.3. The van der Waals surface area contributed by atoms with Crippen molar-refractivity contribution in [2.75, 3.05) is 0 Å². The van der Waals surface area contributed by atoms with Crippen LogP contribution in [0.15, 0.2) is 60.7 Å². The molecule has 0 amide bonds. The van der Waals surface area contributed by atoms with E-state index in [9.17, 15) is 5.11 Å². The average Bonchev–Trinajstić information content (AvgIpc) is 2.58. The predicted molar refractivity (Wildman–Crippen MR) is 94.9 cm³/mol. The van der Waals surface area contributed by atoms with Gasteiger partial charge in [-0.15, -0.1) is 0 Å². The molecule has 23 heavy (non-hydrogen) atoms. The first-order valence-corrected chi connectivity index (χ1v) is 8.72. The smallest absolute Gasteiger partial charge is 0.0555 e. The molecule has 0 aliphatic heterocycles. The first-order valence-electron chi connectivity index (χ1n) is 8.72. The molecule has 2 heteroatoms. The molecule has 0 saturated heterocycles. The molecule has 0 bridgehead atoms. The normalized spacial score (nSPS) is 24.7. The van der Waals surface area contributed by atoms with E-state index in [0.717, 1.165) is 32.4 Å². The Labute approximate surface area is 139 Å². The summed E-state index contributed by atoms with van der Waals surface area (Å²) in [4.78, 5) is 2.55. The predicted octanol–water partition coefficient (Wildman–Crippen LogP) is 4.24. The van der Waals surface area contributed by atoms with Crippen molar-refractivity contribution in [3.8, 4) is 0 Å². The summed E-state index contributed by atoms with van der Waals surface area (Å²) in [6.07, 6.45) is 2.81. The number of aliphatic hydroxyl groups excluding tert-OH is 1. The van der Waals surface area contributed by atoms with Gasteiger partial charge in [0.1, 0.15) is 0 Å². The molecule has 2 nitrogen and oxygen atoms in total. The third-order valence-corrected chi connectivity index (χ3v) is 5.05. The highest BCUT2D eigenvalue weighted by molar-refractivity contribution is 5.17. The summed E-state index contributed by atoms with van der Waals surface area (Å²) in [5.41, 5.74) is 2.69. The molecule has 1 N–H and O–H groups in total. The molecule has 3 rings (SSSR count). The van der Waals surface area contributed by atoms with Crippen LogP contribution in [0.5, 0.6) is 0 Å². The largest absolute Gasteiger partial charge is 0.393 e. The van der Waals surface area contributed by atoms with Gasteiger partial charge in [0, 0.05) is 19.1 Å². The lowest BCUT2D eigenvalue weighted by Gasteiger charge is -2.40. The van der Waals surface area contributed by atoms with Gasteiger partial charge in [-0.05, 0) is 36.3 Å². The average molecular weight is 309 g/mol. The highest BCUT2D eigenvalue weighted by Gasteiger charge is 2.31. The molecule has 3 atom stereocenters. The van der Waals surface area contributed by atoms with Gasteiger partial charge >= 0.3 is 0 Å². The zero-order valence-corrected chi connectivity index (χ0v) is 13.9. The first-order chi connectivity index (χ1) is 11.2. The van der Waals surface area contributed by atoms with Crippen molar-refractivity contribution in [3.05, 3.63) is 71.8 Å². The summed E-state index contributed by atoms with van der Waals surface area (Å²) >= 11 is 0. The van der Waals surface area contributed by atoms with E-state index in [1.54, 1.807) is 0 Å². The molecule has 0 spiro atoms. The summed E-state index contributed by atoms with van der Waals surface area (Å²) < 4.78 is 0. The van der Waals surface area contributed by atoms with E-state index in [1.165, 1.54) is 11.1 Å². The van der Waals surface area contributed by atoms with E-state index >= 15 is 0 Å². The van der Waals surface area contributed by atoms with Gasteiger partial charge in [-0.25, -0.2) is 0 Å². The van der Waals surface area contributed by atoms with Crippen molar-refractivity contribution in [2.24, 2.45) is 5.92 Å². The van der Waals surface area contributed by atoms with Gasteiger partial charge in [-0.1, -0.05) is 67.6 Å². The van der Waals surface area contributed by atoms with Crippen LogP contribution in [-0.2, 0) is 13.1 Å². The number of nitrogens with zero attached hydrogens (tertiary/aromatic N) is 1. The monoisotopic (exact) mass is 309 g/mol. The van der Waals surface area contributed by atoms with Crippen LogP contribution in [0, 0.1) is 5.92 Å². The van der Waals surface area contributed by atoms with Crippen molar-refractivity contribution in [1.29, 1.82) is 0 Å². The van der Waals surface area contributed by atoms with Crippen LogP contribution in [0.25, 0.3) is 0 Å². The van der Waals surface area contributed by atoms with Gasteiger partial charge in [-0.2, -0.15) is 0 Å². The van der Waals surface area contributed by atoms with Crippen molar-refractivity contribution < 1.29 is 5.11 Å². The Balaban J connectivity index is 1.80. The zero-order chi connectivity index (χ0) is 16.1. The Bertz CT molecular complexity index is 542. The second kappa shape index (κ2) is 7.76. The van der Waals surface area contributed by atoms with E-state index in [2.05, 4.69) is 72.5 Å². The maximum atomic E-state index is 10.2. The van der Waals surface area contributed by atoms with E-state index in [1.807, 2.05) is 0 Å². The molecule has 1 fully saturated rings. The summed E-state index contributed by atoms with van der Waals surface area (Å²) in [6.45, 7) is 4.22. The molecule has 0 heterocycles. The molecular formula is C21H27NO. The van der Waals surface area contributed by atoms with E-state index in [0.29, 0.717) is 12.0 Å². The lowest BCUT2D eigenvalue weighted by molar-refractivity contribution is 0.0244. The van der Waals surface area contributed by atoms with Crippen LogP contribution < -0.4 is 0 Å². The fourth-order valence-electron chi connectivity index (χ4n) is 3.71. The molecule has 1 saturated carbocycles. The minimum atomic E-state index is -0.148. The van der Waals surface area contributed by atoms with Crippen molar-refractivity contribution in [3.63, 3.8) is 0 Å². The summed E-state index contributed by atoms with van der Waals surface area (Å²) in [7, 11) is 0. The first kappa shape index (κ1) is 16.2. The molecule has 1 aliphatic rings. The van der Waals surface area contributed by atoms with Crippen molar-refractivity contribution in [1.82, 2.24) is 4.90 Å². The quantitative estimate of drug-likeness (QED) is 0.893. The van der Waals surface area contributed by atoms with E-state index in [-0.39, 0.29) is 6.10 Å². The van der Waals surface area contributed by atoms with Crippen LogP contribution in [0.1, 0.15) is 37.3 Å². The molecule has 0 aromatic heterocycles. The van der Waals surface area contributed by atoms with Gasteiger partial charge in [0.05, 0.1) is 6.10 Å². The fraction of sp³-hybridized carbons (Fsp3) is 0.429. The minimum Gasteiger partial charge on any atom is -0.393 e. The summed E-state index contributed by atoms with van der Waals surface area (Å²) in [5, 5.41) is 10.2. The van der Waals surface area contributed by atoms with E-state index in [4.69, 9.17) is 0 Å². The maximum Gasteiger partial charge on any atom is 0.0555 e. The highest BCUT2D eigenvalue weighted by Crippen LogP contribution is 2.30. The van der Waals surface area contributed by atoms with Crippen molar-refractivity contribution in [2.45, 2.75) is 51.4 Å². The van der Waals surface area contributed by atoms with Crippen LogP contribution in [0.4, 0.5) is 0 Å². The maximum absolute atomic E-state index is 10.2. The Morgan fingerprint density at radius 3 is 1.91 bits per heavy atom. The molecule has 2 aromatic carbocycles. The Kier molecular flexibility index (Phi) is 5.47. The van der Waals surface area contributed by atoms with Gasteiger partial charge < -0.3 is 5.11 Å². The second-order valence-corrected chi connectivity index (χ2v) is 6.89. The topological polar surface area (TPSA) is 23.5 Å². The standard InChI is InChI=1S/C21H27NO/c1-17-12-13-20(23)14-21(17)22(15-18-8-4-2-5-9-18)16-19-10-6-3-7-11-19/h2-11,17,20-21,23H,12-16H2,1H3/t17?,20?,21-/m1/s1. The number of rotatable bonds is 5. The molecule has 2 aromatic rings. The third-order valence-electron chi connectivity index (χ3n) is 5.05. The van der Waals surface area contributed by atoms with Crippen LogP contribution in [-0.4, -0.2) is 22.2 Å². The molecule has 0 radical (unpaired) electrons. The molecule has 1 aliphatic carbocycles. The van der Waals surface area contributed by atoms with Gasteiger partial charge in [-0.3, -0.25) is 4.90 Å². The van der Waals surface area contributed by atoms with E-state index < -0.39 is 0 Å². The van der Waals surface area contributed by atoms with Crippen LogP contribution >= 0.6 is 0 Å². The van der Waals surface area contributed by atoms with Crippen molar-refractivity contribution >= 4 is 0 Å². The lowest BCUT2D eigenvalue weighted by Crippen LogP contribution is -2.44. The number of hydrogen-bond acceptors (Lipinski definition) is 2. The molecule has 2 unspecified atom stereocenters. The Hall–Kier alpha value is -1.64. The van der Waals surface area contributed by atoms with Crippen LogP contribution in [0.2, 0.25) is 0 Å². The Morgan fingerprint density at radius 2 is 1.39 bits per heavy atom. The lowest BCUT2D eigenvalue weighted by atomic mass is 9.83. The van der Waals surface area contributed by atoms with Gasteiger partial charge in [0.15, 0.2) is 0 Å². The number of hydrogen-bond donors (Lipinski definition) is 1. The van der Waals surface area contributed by atoms with Crippen LogP contribution in [0.3, 0.4) is 0 Å². The second-order valence-electron chi connectivity index (χ2n) is 6.89. The summed E-state index contributed by atoms with van der Waals surface area (Å²) in [6, 6.07) is 21.8. The van der Waals surface area contributed by atoms with Gasteiger partial charge in [0.25, 0.3) is 0 Å². The summed E-state index contributed by atoms with van der Waals surface area (Å²) in [5.74, 6) is 0.630. The molecule has 122 valence electrons. The number of benzene rings is 2. The third kappa shape index (κ3) is 4.43. The zero-order valence-electron chi connectivity index (χ0n) is 13.9. The number of aliphatic hydroxyl groups is 1. The minimum absolute atomic E-state index is 0.148.